The molecule has 1 spiro atoms. The highest BCUT2D eigenvalue weighted by Gasteiger charge is 2.56. The van der Waals surface area contributed by atoms with E-state index in [0.717, 1.165) is 28.4 Å². The molecule has 1 aromatic carbocycles. The maximum atomic E-state index is 13.2. The van der Waals surface area contributed by atoms with Gasteiger partial charge < -0.3 is 14.6 Å². The smallest absolute Gasteiger partial charge is 0.326 e. The summed E-state index contributed by atoms with van der Waals surface area (Å²) in [5.74, 6) is -1.26. The van der Waals surface area contributed by atoms with Gasteiger partial charge in [-0.2, -0.15) is 0 Å². The summed E-state index contributed by atoms with van der Waals surface area (Å²) in [6.07, 6.45) is 2.03. The molecule has 8 nitrogen and oxygen atoms in total. The minimum absolute atomic E-state index is 0.101. The van der Waals surface area contributed by atoms with Crippen molar-refractivity contribution in [1.82, 2.24) is 14.8 Å². The Bertz CT molecular complexity index is 1180. The van der Waals surface area contributed by atoms with Gasteiger partial charge in [0.05, 0.1) is 0 Å². The second-order valence-electron chi connectivity index (χ2n) is 10.8. The quantitative estimate of drug-likeness (QED) is 0.384. The number of nitrogens with zero attached hydrogens (tertiary/aromatic N) is 2. The normalized spacial score (nSPS) is 23.5. The Balaban J connectivity index is 1.40. The molecule has 0 bridgehead atoms. The minimum atomic E-state index is -0.983. The van der Waals surface area contributed by atoms with Gasteiger partial charge in [-0.25, -0.2) is 4.79 Å². The summed E-state index contributed by atoms with van der Waals surface area (Å²) in [7, 11) is 0. The van der Waals surface area contributed by atoms with Crippen molar-refractivity contribution in [3.05, 3.63) is 53.3 Å². The summed E-state index contributed by atoms with van der Waals surface area (Å²) in [5, 5.41) is 2.84. The Morgan fingerprint density at radius 1 is 1.11 bits per heavy atom. The van der Waals surface area contributed by atoms with Crippen LogP contribution in [0.25, 0.3) is 5.69 Å². The van der Waals surface area contributed by atoms with E-state index < -0.39 is 36.6 Å². The number of para-hydroxylation sites is 1. The van der Waals surface area contributed by atoms with E-state index >= 15 is 0 Å². The van der Waals surface area contributed by atoms with Crippen LogP contribution in [0.3, 0.4) is 0 Å². The van der Waals surface area contributed by atoms with Crippen molar-refractivity contribution < 1.29 is 23.9 Å². The molecule has 2 atom stereocenters. The molecular formula is C27H33N3O5. The predicted octanol–water partition coefficient (Wildman–Crippen LogP) is 3.96. The highest BCUT2D eigenvalue weighted by molar-refractivity contribution is 6.09. The molecule has 3 amide bonds. The number of carbonyl (C=O) groups excluding carboxylic acids is 4. The van der Waals surface area contributed by atoms with Crippen LogP contribution in [0.1, 0.15) is 61.8 Å². The molecule has 186 valence electrons. The first kappa shape index (κ1) is 24.7. The molecule has 2 aliphatic rings. The number of hydrogen-bond acceptors (Lipinski definition) is 5. The number of carbonyl (C=O) groups is 4. The first-order valence-electron chi connectivity index (χ1n) is 12.0. The summed E-state index contributed by atoms with van der Waals surface area (Å²) >= 11 is 0. The topological polar surface area (TPSA) is 97.7 Å². The van der Waals surface area contributed by atoms with Crippen LogP contribution < -0.4 is 5.32 Å². The summed E-state index contributed by atoms with van der Waals surface area (Å²) in [6, 6.07) is 10.9. The Morgan fingerprint density at radius 3 is 2.46 bits per heavy atom. The van der Waals surface area contributed by atoms with Crippen molar-refractivity contribution in [2.24, 2.45) is 11.3 Å². The predicted molar refractivity (Wildman–Crippen MR) is 130 cm³/mol. The van der Waals surface area contributed by atoms with E-state index in [0.29, 0.717) is 18.4 Å². The standard InChI is InChI=1S/C27H33N3O5/c1-17-12-26(4,5)16-27(13-17)24(33)29(25(34)28-27)14-23(32)35-15-22(31)21-11-18(2)30(19(21)3)20-9-7-6-8-10-20/h6-11,17H,12-16H2,1-5H3,(H,28,34). The molecule has 2 unspecified atom stereocenters. The fraction of sp³-hybridized carbons (Fsp3) is 0.481. The van der Waals surface area contributed by atoms with Gasteiger partial charge in [-0.05, 0) is 62.6 Å². The second-order valence-corrected chi connectivity index (χ2v) is 10.8. The van der Waals surface area contributed by atoms with Gasteiger partial charge in [0.15, 0.2) is 6.61 Å². The Morgan fingerprint density at radius 2 is 1.80 bits per heavy atom. The number of rotatable bonds is 6. The number of imide groups is 1. The molecule has 2 fully saturated rings. The number of Topliss-reactive ketones (excluding diaryl/α,β-unsaturated/α-hetero) is 1. The van der Waals surface area contributed by atoms with E-state index in [9.17, 15) is 19.2 Å². The Hall–Kier alpha value is -3.42. The van der Waals surface area contributed by atoms with Gasteiger partial charge in [0.25, 0.3) is 5.91 Å². The van der Waals surface area contributed by atoms with Crippen LogP contribution in [0.15, 0.2) is 36.4 Å². The summed E-state index contributed by atoms with van der Waals surface area (Å²) in [4.78, 5) is 52.1. The number of aryl methyl sites for hydroxylation is 1. The number of hydrogen-bond donors (Lipinski definition) is 1. The van der Waals surface area contributed by atoms with Crippen LogP contribution in [-0.2, 0) is 14.3 Å². The molecule has 1 N–H and O–H groups in total. The van der Waals surface area contributed by atoms with E-state index in [1.165, 1.54) is 0 Å². The van der Waals surface area contributed by atoms with E-state index in [1.807, 2.05) is 48.7 Å². The SMILES string of the molecule is Cc1cc(C(=O)COC(=O)CN2C(=O)NC3(CC(C)CC(C)(C)C3)C2=O)c(C)n1-c1ccccc1. The molecule has 1 aliphatic carbocycles. The molecule has 2 aromatic rings. The molecule has 1 saturated carbocycles. The van der Waals surface area contributed by atoms with Crippen molar-refractivity contribution in [1.29, 1.82) is 0 Å². The maximum absolute atomic E-state index is 13.2. The number of nitrogens with one attached hydrogen (secondary N) is 1. The first-order valence-corrected chi connectivity index (χ1v) is 12.0. The number of esters is 1. The average Bonchev–Trinajstić information content (AvgIpc) is 3.18. The van der Waals surface area contributed by atoms with Gasteiger partial charge in [0.1, 0.15) is 12.1 Å². The number of benzene rings is 1. The first-order chi connectivity index (χ1) is 16.4. The lowest BCUT2D eigenvalue weighted by Gasteiger charge is -2.43. The van der Waals surface area contributed by atoms with E-state index in [2.05, 4.69) is 26.1 Å². The molecule has 8 heteroatoms. The average molecular weight is 480 g/mol. The number of urea groups is 1. The molecular weight excluding hydrogens is 446 g/mol. The van der Waals surface area contributed by atoms with Gasteiger partial charge in [-0.1, -0.05) is 39.0 Å². The van der Waals surface area contributed by atoms with Crippen LogP contribution in [0.4, 0.5) is 4.79 Å². The largest absolute Gasteiger partial charge is 0.456 e. The lowest BCUT2D eigenvalue weighted by Crippen LogP contribution is -2.54. The zero-order chi connectivity index (χ0) is 25.5. The lowest BCUT2D eigenvalue weighted by atomic mass is 9.64. The van der Waals surface area contributed by atoms with Crippen molar-refractivity contribution in [2.75, 3.05) is 13.2 Å². The highest BCUT2D eigenvalue weighted by Crippen LogP contribution is 2.46. The van der Waals surface area contributed by atoms with Crippen LogP contribution in [-0.4, -0.2) is 51.8 Å². The van der Waals surface area contributed by atoms with Crippen LogP contribution in [0, 0.1) is 25.2 Å². The molecule has 1 aliphatic heterocycles. The number of aromatic nitrogens is 1. The van der Waals surface area contributed by atoms with E-state index in [1.54, 1.807) is 6.07 Å². The van der Waals surface area contributed by atoms with Gasteiger partial charge in [0, 0.05) is 22.6 Å². The number of ketones is 1. The minimum Gasteiger partial charge on any atom is -0.456 e. The third kappa shape index (κ3) is 4.74. The maximum Gasteiger partial charge on any atom is 0.326 e. The zero-order valence-corrected chi connectivity index (χ0v) is 21.0. The Labute approximate surface area is 205 Å². The van der Waals surface area contributed by atoms with E-state index in [4.69, 9.17) is 4.74 Å². The van der Waals surface area contributed by atoms with Crippen molar-refractivity contribution in [3.8, 4) is 5.69 Å². The van der Waals surface area contributed by atoms with Gasteiger partial charge in [-0.15, -0.1) is 0 Å². The fourth-order valence-electron chi connectivity index (χ4n) is 6.07. The van der Waals surface area contributed by atoms with Gasteiger partial charge in [0.2, 0.25) is 5.78 Å². The highest BCUT2D eigenvalue weighted by atomic mass is 16.5. The van der Waals surface area contributed by atoms with Crippen LogP contribution in [0.2, 0.25) is 0 Å². The summed E-state index contributed by atoms with van der Waals surface area (Å²) in [6.45, 7) is 9.01. The summed E-state index contributed by atoms with van der Waals surface area (Å²) in [5.41, 5.74) is 1.95. The third-order valence-electron chi connectivity index (χ3n) is 7.02. The molecule has 2 heterocycles. The fourth-order valence-corrected chi connectivity index (χ4v) is 6.07. The second kappa shape index (κ2) is 8.98. The molecule has 1 saturated heterocycles. The number of amides is 3. The molecule has 35 heavy (non-hydrogen) atoms. The van der Waals surface area contributed by atoms with Crippen molar-refractivity contribution in [3.63, 3.8) is 0 Å². The monoisotopic (exact) mass is 479 g/mol. The molecule has 0 radical (unpaired) electrons. The van der Waals surface area contributed by atoms with Crippen molar-refractivity contribution in [2.45, 2.75) is 59.4 Å². The van der Waals surface area contributed by atoms with Gasteiger partial charge >= 0.3 is 12.0 Å². The molecule has 1 aromatic heterocycles. The number of ether oxygens (including phenoxy) is 1. The molecule has 4 rings (SSSR count). The van der Waals surface area contributed by atoms with Crippen LogP contribution in [0.5, 0.6) is 0 Å². The lowest BCUT2D eigenvalue weighted by molar-refractivity contribution is -0.147. The van der Waals surface area contributed by atoms with Crippen molar-refractivity contribution >= 4 is 23.7 Å². The van der Waals surface area contributed by atoms with E-state index in [-0.39, 0.29) is 17.1 Å². The van der Waals surface area contributed by atoms with Crippen LogP contribution >= 0.6 is 0 Å². The summed E-state index contributed by atoms with van der Waals surface area (Å²) < 4.78 is 7.16. The zero-order valence-electron chi connectivity index (χ0n) is 21.0. The Kier molecular flexibility index (Phi) is 6.34. The third-order valence-corrected chi connectivity index (χ3v) is 7.02. The van der Waals surface area contributed by atoms with Gasteiger partial charge in [-0.3, -0.25) is 19.3 Å².